The van der Waals surface area contributed by atoms with Gasteiger partial charge >= 0.3 is 5.97 Å². The van der Waals surface area contributed by atoms with Gasteiger partial charge in [-0.3, -0.25) is 0 Å². The van der Waals surface area contributed by atoms with E-state index in [0.29, 0.717) is 5.82 Å². The van der Waals surface area contributed by atoms with Gasteiger partial charge in [-0.1, -0.05) is 18.2 Å². The SMILES string of the molecule is CC1Cc2ccccc2N1c1cc(C(=O)O)ccn1. The molecule has 2 heterocycles. The number of carbonyl (C=O) groups is 1. The lowest BCUT2D eigenvalue weighted by molar-refractivity contribution is 0.0697. The average Bonchev–Trinajstić information content (AvgIpc) is 2.74. The van der Waals surface area contributed by atoms with Crippen LogP contribution in [0.1, 0.15) is 22.8 Å². The normalized spacial score (nSPS) is 17.3. The van der Waals surface area contributed by atoms with Crippen molar-refractivity contribution in [1.82, 2.24) is 4.98 Å². The smallest absolute Gasteiger partial charge is 0.335 e. The van der Waals surface area contributed by atoms with Crippen molar-refractivity contribution in [2.75, 3.05) is 4.90 Å². The molecule has 96 valence electrons. The molecule has 0 bridgehead atoms. The van der Waals surface area contributed by atoms with E-state index < -0.39 is 5.97 Å². The van der Waals surface area contributed by atoms with Gasteiger partial charge in [-0.2, -0.15) is 0 Å². The number of aromatic nitrogens is 1. The van der Waals surface area contributed by atoms with Crippen LogP contribution in [0.3, 0.4) is 0 Å². The molecule has 0 saturated carbocycles. The summed E-state index contributed by atoms with van der Waals surface area (Å²) in [6.07, 6.45) is 2.50. The summed E-state index contributed by atoms with van der Waals surface area (Å²) in [4.78, 5) is 17.5. The summed E-state index contributed by atoms with van der Waals surface area (Å²) in [5.41, 5.74) is 2.66. The molecule has 0 spiro atoms. The Labute approximate surface area is 111 Å². The van der Waals surface area contributed by atoms with Crippen LogP contribution < -0.4 is 4.90 Å². The number of pyridine rings is 1. The molecule has 4 nitrogen and oxygen atoms in total. The zero-order valence-corrected chi connectivity index (χ0v) is 10.6. The zero-order valence-electron chi connectivity index (χ0n) is 10.6. The van der Waals surface area contributed by atoms with Crippen LogP contribution in [-0.2, 0) is 6.42 Å². The van der Waals surface area contributed by atoms with Crippen molar-refractivity contribution < 1.29 is 9.90 Å². The van der Waals surface area contributed by atoms with E-state index in [1.165, 1.54) is 11.6 Å². The number of benzene rings is 1. The van der Waals surface area contributed by atoms with Crippen molar-refractivity contribution in [3.63, 3.8) is 0 Å². The summed E-state index contributed by atoms with van der Waals surface area (Å²) in [7, 11) is 0. The van der Waals surface area contributed by atoms with Crippen molar-refractivity contribution in [3.8, 4) is 0 Å². The fourth-order valence-corrected chi connectivity index (χ4v) is 2.60. The summed E-state index contributed by atoms with van der Waals surface area (Å²) >= 11 is 0. The molecule has 0 aliphatic carbocycles. The minimum Gasteiger partial charge on any atom is -0.478 e. The van der Waals surface area contributed by atoms with E-state index in [4.69, 9.17) is 5.11 Å². The number of rotatable bonds is 2. The van der Waals surface area contributed by atoms with Crippen molar-refractivity contribution in [2.24, 2.45) is 0 Å². The topological polar surface area (TPSA) is 53.4 Å². The molecule has 1 unspecified atom stereocenters. The largest absolute Gasteiger partial charge is 0.478 e. The van der Waals surface area contributed by atoms with E-state index in [1.807, 2.05) is 18.2 Å². The Balaban J connectivity index is 2.07. The van der Waals surface area contributed by atoms with Crippen LogP contribution in [0.25, 0.3) is 0 Å². The van der Waals surface area contributed by atoms with Crippen LogP contribution in [0.2, 0.25) is 0 Å². The Kier molecular flexibility index (Phi) is 2.71. The molecule has 1 aromatic carbocycles. The van der Waals surface area contributed by atoms with E-state index in [-0.39, 0.29) is 11.6 Å². The maximum Gasteiger partial charge on any atom is 0.335 e. The van der Waals surface area contributed by atoms with Crippen molar-refractivity contribution in [2.45, 2.75) is 19.4 Å². The van der Waals surface area contributed by atoms with Gasteiger partial charge in [0.25, 0.3) is 0 Å². The van der Waals surface area contributed by atoms with Gasteiger partial charge in [0.2, 0.25) is 0 Å². The molecule has 1 atom stereocenters. The van der Waals surface area contributed by atoms with E-state index in [9.17, 15) is 4.79 Å². The highest BCUT2D eigenvalue weighted by atomic mass is 16.4. The molecule has 1 aliphatic heterocycles. The van der Waals surface area contributed by atoms with E-state index in [0.717, 1.165) is 12.1 Å². The number of carboxylic acid groups (broad SMARTS) is 1. The fraction of sp³-hybridized carbons (Fsp3) is 0.200. The van der Waals surface area contributed by atoms with Gasteiger partial charge in [0.05, 0.1) is 5.56 Å². The Morgan fingerprint density at radius 3 is 2.95 bits per heavy atom. The molecule has 19 heavy (non-hydrogen) atoms. The summed E-state index contributed by atoms with van der Waals surface area (Å²) in [6, 6.07) is 11.6. The highest BCUT2D eigenvalue weighted by molar-refractivity contribution is 5.88. The highest BCUT2D eigenvalue weighted by Gasteiger charge is 2.27. The second-order valence-corrected chi connectivity index (χ2v) is 4.76. The first-order valence-corrected chi connectivity index (χ1v) is 6.23. The predicted molar refractivity (Wildman–Crippen MR) is 72.9 cm³/mol. The van der Waals surface area contributed by atoms with Crippen molar-refractivity contribution in [1.29, 1.82) is 0 Å². The minimum atomic E-state index is -0.927. The Morgan fingerprint density at radius 2 is 2.16 bits per heavy atom. The highest BCUT2D eigenvalue weighted by Crippen LogP contribution is 2.37. The summed E-state index contributed by atoms with van der Waals surface area (Å²) in [5.74, 6) is -0.235. The third kappa shape index (κ3) is 1.95. The number of hydrogen-bond donors (Lipinski definition) is 1. The standard InChI is InChI=1S/C15H14N2O2/c1-10-8-11-4-2-3-5-13(11)17(10)14-9-12(15(18)19)6-7-16-14/h2-7,9-10H,8H2,1H3,(H,18,19). The maximum absolute atomic E-state index is 11.0. The summed E-state index contributed by atoms with van der Waals surface area (Å²) in [5, 5.41) is 9.07. The minimum absolute atomic E-state index is 0.265. The zero-order chi connectivity index (χ0) is 13.4. The second kappa shape index (κ2) is 4.39. The Morgan fingerprint density at radius 1 is 1.37 bits per heavy atom. The average molecular weight is 254 g/mol. The number of hydrogen-bond acceptors (Lipinski definition) is 3. The van der Waals surface area contributed by atoms with E-state index in [1.54, 1.807) is 12.3 Å². The first-order chi connectivity index (χ1) is 9.16. The van der Waals surface area contributed by atoms with E-state index in [2.05, 4.69) is 22.9 Å². The van der Waals surface area contributed by atoms with Crippen LogP contribution in [0.4, 0.5) is 11.5 Å². The molecule has 2 aromatic rings. The van der Waals surface area contributed by atoms with Gasteiger partial charge in [-0.25, -0.2) is 9.78 Å². The van der Waals surface area contributed by atoms with Crippen LogP contribution in [0.15, 0.2) is 42.6 Å². The molecule has 1 N–H and O–H groups in total. The van der Waals surface area contributed by atoms with Crippen LogP contribution >= 0.6 is 0 Å². The van der Waals surface area contributed by atoms with Gasteiger partial charge < -0.3 is 10.0 Å². The second-order valence-electron chi connectivity index (χ2n) is 4.76. The molecule has 0 amide bonds. The van der Waals surface area contributed by atoms with Crippen molar-refractivity contribution >= 4 is 17.5 Å². The molecule has 1 aromatic heterocycles. The summed E-state index contributed by atoms with van der Waals surface area (Å²) in [6.45, 7) is 2.12. The van der Waals surface area contributed by atoms with Crippen LogP contribution in [-0.4, -0.2) is 22.1 Å². The molecule has 0 radical (unpaired) electrons. The third-order valence-corrected chi connectivity index (χ3v) is 3.45. The van der Waals surface area contributed by atoms with Gasteiger partial charge in [-0.15, -0.1) is 0 Å². The Hall–Kier alpha value is -2.36. The fourth-order valence-electron chi connectivity index (χ4n) is 2.60. The molecule has 0 saturated heterocycles. The van der Waals surface area contributed by atoms with Crippen molar-refractivity contribution in [3.05, 3.63) is 53.7 Å². The number of fused-ring (bicyclic) bond motifs is 1. The summed E-state index contributed by atoms with van der Waals surface area (Å²) < 4.78 is 0. The maximum atomic E-state index is 11.0. The lowest BCUT2D eigenvalue weighted by Crippen LogP contribution is -2.25. The molecular weight excluding hydrogens is 240 g/mol. The van der Waals surface area contributed by atoms with Gasteiger partial charge in [0.1, 0.15) is 5.82 Å². The van der Waals surface area contributed by atoms with Gasteiger partial charge in [0.15, 0.2) is 0 Å². The molecule has 1 aliphatic rings. The molecule has 0 fully saturated rings. The Bertz CT molecular complexity index is 640. The monoisotopic (exact) mass is 254 g/mol. The van der Waals surface area contributed by atoms with E-state index >= 15 is 0 Å². The lowest BCUT2D eigenvalue weighted by Gasteiger charge is -2.23. The predicted octanol–water partition coefficient (Wildman–Crippen LogP) is 2.86. The van der Waals surface area contributed by atoms with Crippen LogP contribution in [0.5, 0.6) is 0 Å². The number of carboxylic acids is 1. The number of para-hydroxylation sites is 1. The molecule has 4 heteroatoms. The third-order valence-electron chi connectivity index (χ3n) is 3.45. The van der Waals surface area contributed by atoms with Crippen LogP contribution in [0, 0.1) is 0 Å². The molecule has 3 rings (SSSR count). The van der Waals surface area contributed by atoms with Gasteiger partial charge in [-0.05, 0) is 37.1 Å². The quantitative estimate of drug-likeness (QED) is 0.895. The first-order valence-electron chi connectivity index (χ1n) is 6.23. The number of anilines is 2. The lowest BCUT2D eigenvalue weighted by atomic mass is 10.1. The van der Waals surface area contributed by atoms with Gasteiger partial charge in [0, 0.05) is 17.9 Å². The number of nitrogens with zero attached hydrogens (tertiary/aromatic N) is 2. The number of aromatic carboxylic acids is 1. The first kappa shape index (κ1) is 11.7. The molecular formula is C15H14N2O2.